The molecule has 1 unspecified atom stereocenters. The molecule has 1 amide bonds. The molecule has 1 saturated heterocycles. The summed E-state index contributed by atoms with van der Waals surface area (Å²) in [7, 11) is 0. The van der Waals surface area contributed by atoms with Crippen LogP contribution in [0.15, 0.2) is 18.2 Å². The number of hydrogen-bond acceptors (Lipinski definition) is 2. The Hall–Kier alpha value is -1.42. The molecule has 102 valence electrons. The lowest BCUT2D eigenvalue weighted by atomic mass is 9.92. The van der Waals surface area contributed by atoms with E-state index in [1.165, 1.54) is 12.1 Å². The van der Waals surface area contributed by atoms with Gasteiger partial charge in [-0.3, -0.25) is 4.79 Å². The zero-order chi connectivity index (χ0) is 13.5. The van der Waals surface area contributed by atoms with Crippen molar-refractivity contribution in [1.82, 2.24) is 5.32 Å². The maximum absolute atomic E-state index is 13.4. The molecule has 1 atom stereocenters. The second kappa shape index (κ2) is 4.60. The second-order valence-corrected chi connectivity index (χ2v) is 5.45. The quantitative estimate of drug-likeness (QED) is 0.886. The van der Waals surface area contributed by atoms with Crippen LogP contribution < -0.4 is 10.2 Å². The molecule has 0 aliphatic carbocycles. The summed E-state index contributed by atoms with van der Waals surface area (Å²) in [4.78, 5) is 14.6. The number of halogens is 1. The van der Waals surface area contributed by atoms with Crippen LogP contribution in [-0.2, 0) is 11.2 Å². The number of anilines is 1. The Morgan fingerprint density at radius 1 is 1.53 bits per heavy atom. The number of amides is 1. The van der Waals surface area contributed by atoms with Crippen LogP contribution in [0.1, 0.15) is 31.7 Å². The van der Waals surface area contributed by atoms with Gasteiger partial charge < -0.3 is 10.2 Å². The van der Waals surface area contributed by atoms with Gasteiger partial charge in [0.25, 0.3) is 0 Å². The van der Waals surface area contributed by atoms with Crippen molar-refractivity contribution in [1.29, 1.82) is 0 Å². The van der Waals surface area contributed by atoms with E-state index < -0.39 is 5.54 Å². The number of rotatable bonds is 2. The number of benzene rings is 1. The molecule has 2 aliphatic rings. The van der Waals surface area contributed by atoms with Crippen LogP contribution in [0.3, 0.4) is 0 Å². The lowest BCUT2D eigenvalue weighted by Crippen LogP contribution is -2.54. The fraction of sp³-hybridized carbons (Fsp3) is 0.533. The lowest BCUT2D eigenvalue weighted by Gasteiger charge is -2.32. The number of hydrogen-bond donors (Lipinski definition) is 1. The molecule has 3 nitrogen and oxygen atoms in total. The van der Waals surface area contributed by atoms with E-state index in [2.05, 4.69) is 5.32 Å². The zero-order valence-electron chi connectivity index (χ0n) is 11.2. The maximum atomic E-state index is 13.4. The molecule has 0 bridgehead atoms. The molecule has 0 aromatic heterocycles. The van der Waals surface area contributed by atoms with Crippen LogP contribution in [0.4, 0.5) is 10.1 Å². The van der Waals surface area contributed by atoms with Gasteiger partial charge in [0.2, 0.25) is 5.91 Å². The lowest BCUT2D eigenvalue weighted by molar-refractivity contribution is -0.124. The van der Waals surface area contributed by atoms with E-state index in [1.807, 2.05) is 6.92 Å². The van der Waals surface area contributed by atoms with Crippen molar-refractivity contribution in [2.24, 2.45) is 0 Å². The van der Waals surface area contributed by atoms with Gasteiger partial charge in [0, 0.05) is 12.2 Å². The van der Waals surface area contributed by atoms with Crippen LogP contribution in [0.25, 0.3) is 0 Å². The normalized spacial score (nSPS) is 25.7. The molecule has 0 radical (unpaired) electrons. The summed E-state index contributed by atoms with van der Waals surface area (Å²) in [5.41, 5.74) is 1.39. The Kier molecular flexibility index (Phi) is 3.05. The summed E-state index contributed by atoms with van der Waals surface area (Å²) < 4.78 is 13.4. The predicted molar refractivity (Wildman–Crippen MR) is 72.7 cm³/mol. The number of carbonyl (C=O) groups excluding carboxylic acids is 1. The number of carbonyl (C=O) groups is 1. The fourth-order valence-electron chi connectivity index (χ4n) is 3.26. The summed E-state index contributed by atoms with van der Waals surface area (Å²) >= 11 is 0. The molecule has 1 N–H and O–H groups in total. The average molecular weight is 262 g/mol. The van der Waals surface area contributed by atoms with Crippen molar-refractivity contribution in [3.63, 3.8) is 0 Å². The Morgan fingerprint density at radius 3 is 3.05 bits per heavy atom. The van der Waals surface area contributed by atoms with Crippen molar-refractivity contribution in [2.75, 3.05) is 18.0 Å². The first-order chi connectivity index (χ1) is 9.16. The van der Waals surface area contributed by atoms with Gasteiger partial charge in [-0.1, -0.05) is 13.0 Å². The zero-order valence-corrected chi connectivity index (χ0v) is 11.2. The summed E-state index contributed by atoms with van der Waals surface area (Å²) in [5.74, 6) is -0.166. The molecule has 4 heteroatoms. The Morgan fingerprint density at radius 2 is 2.37 bits per heavy atom. The van der Waals surface area contributed by atoms with Crippen LogP contribution in [-0.4, -0.2) is 24.5 Å². The van der Waals surface area contributed by atoms with Gasteiger partial charge in [0.15, 0.2) is 0 Å². The standard InChI is InChI=1S/C15H19FN2O/c1-2-15(7-3-8-17-15)14(19)18-9-6-11-4-5-12(16)10-13(11)18/h4-5,10,17H,2-3,6-9H2,1H3. The molecule has 2 aliphatic heterocycles. The minimum Gasteiger partial charge on any atom is -0.310 e. The monoisotopic (exact) mass is 262 g/mol. The van der Waals surface area contributed by atoms with Gasteiger partial charge in [-0.25, -0.2) is 4.39 Å². The highest BCUT2D eigenvalue weighted by Crippen LogP contribution is 2.33. The van der Waals surface area contributed by atoms with Crippen LogP contribution >= 0.6 is 0 Å². The Bertz CT molecular complexity index is 509. The van der Waals surface area contributed by atoms with Crippen molar-refractivity contribution in [3.8, 4) is 0 Å². The largest absolute Gasteiger partial charge is 0.310 e. The first-order valence-corrected chi connectivity index (χ1v) is 7.02. The summed E-state index contributed by atoms with van der Waals surface area (Å²) in [6.45, 7) is 3.60. The van der Waals surface area contributed by atoms with Gasteiger partial charge in [0.1, 0.15) is 5.82 Å². The van der Waals surface area contributed by atoms with Crippen molar-refractivity contribution in [2.45, 2.75) is 38.1 Å². The van der Waals surface area contributed by atoms with Gasteiger partial charge >= 0.3 is 0 Å². The third-order valence-corrected chi connectivity index (χ3v) is 4.44. The topological polar surface area (TPSA) is 32.3 Å². The molecule has 1 aromatic carbocycles. The van der Waals surface area contributed by atoms with Gasteiger partial charge in [-0.15, -0.1) is 0 Å². The highest BCUT2D eigenvalue weighted by atomic mass is 19.1. The third-order valence-electron chi connectivity index (χ3n) is 4.44. The summed E-state index contributed by atoms with van der Waals surface area (Å²) in [6.07, 6.45) is 3.51. The van der Waals surface area contributed by atoms with E-state index in [4.69, 9.17) is 0 Å². The van der Waals surface area contributed by atoms with Gasteiger partial charge in [0.05, 0.1) is 5.54 Å². The molecule has 2 heterocycles. The van der Waals surface area contributed by atoms with Crippen LogP contribution in [0, 0.1) is 5.82 Å². The minimum absolute atomic E-state index is 0.108. The Labute approximate surface area is 112 Å². The van der Waals surface area contributed by atoms with E-state index in [1.54, 1.807) is 11.0 Å². The number of nitrogens with zero attached hydrogens (tertiary/aromatic N) is 1. The SMILES string of the molecule is CCC1(C(=O)N2CCc3ccc(F)cc32)CCCN1. The summed E-state index contributed by atoms with van der Waals surface area (Å²) in [5, 5.41) is 3.36. The minimum atomic E-state index is -0.437. The van der Waals surface area contributed by atoms with E-state index in [-0.39, 0.29) is 11.7 Å². The van der Waals surface area contributed by atoms with E-state index in [0.29, 0.717) is 6.54 Å². The molecule has 1 aromatic rings. The first kappa shape index (κ1) is 12.6. The third kappa shape index (κ3) is 1.94. The second-order valence-electron chi connectivity index (χ2n) is 5.45. The number of nitrogens with one attached hydrogen (secondary N) is 1. The first-order valence-electron chi connectivity index (χ1n) is 7.02. The van der Waals surface area contributed by atoms with Crippen LogP contribution in [0.2, 0.25) is 0 Å². The molecule has 0 saturated carbocycles. The molecular formula is C15H19FN2O. The number of fused-ring (bicyclic) bond motifs is 1. The highest BCUT2D eigenvalue weighted by molar-refractivity contribution is 6.02. The molecule has 0 spiro atoms. The van der Waals surface area contributed by atoms with Gasteiger partial charge in [-0.05, 0) is 49.9 Å². The molecule has 19 heavy (non-hydrogen) atoms. The molecule has 1 fully saturated rings. The maximum Gasteiger partial charge on any atom is 0.247 e. The average Bonchev–Trinajstić information content (AvgIpc) is 3.05. The molecule has 3 rings (SSSR count). The molecular weight excluding hydrogens is 243 g/mol. The van der Waals surface area contributed by atoms with E-state index in [0.717, 1.165) is 43.5 Å². The fourth-order valence-corrected chi connectivity index (χ4v) is 3.26. The summed E-state index contributed by atoms with van der Waals surface area (Å²) in [6, 6.07) is 4.74. The highest BCUT2D eigenvalue weighted by Gasteiger charge is 2.43. The van der Waals surface area contributed by atoms with Crippen molar-refractivity contribution in [3.05, 3.63) is 29.6 Å². The Balaban J connectivity index is 1.93. The smallest absolute Gasteiger partial charge is 0.247 e. The van der Waals surface area contributed by atoms with E-state index >= 15 is 0 Å². The van der Waals surface area contributed by atoms with Gasteiger partial charge in [-0.2, -0.15) is 0 Å². The van der Waals surface area contributed by atoms with E-state index in [9.17, 15) is 9.18 Å². The van der Waals surface area contributed by atoms with Crippen molar-refractivity contribution >= 4 is 11.6 Å². The van der Waals surface area contributed by atoms with Crippen LogP contribution in [0.5, 0.6) is 0 Å². The van der Waals surface area contributed by atoms with Crippen molar-refractivity contribution < 1.29 is 9.18 Å². The predicted octanol–water partition coefficient (Wildman–Crippen LogP) is 2.25.